The van der Waals surface area contributed by atoms with Gasteiger partial charge in [-0.25, -0.2) is 13.1 Å². The van der Waals surface area contributed by atoms with Crippen molar-refractivity contribution in [2.24, 2.45) is 0 Å². The maximum absolute atomic E-state index is 12.4. The van der Waals surface area contributed by atoms with Crippen molar-refractivity contribution in [1.29, 1.82) is 0 Å². The fraction of sp³-hybridized carbons (Fsp3) is 0.600. The van der Waals surface area contributed by atoms with Crippen molar-refractivity contribution in [3.8, 4) is 17.2 Å². The summed E-state index contributed by atoms with van der Waals surface area (Å²) in [5.41, 5.74) is 0.835. The topological polar surface area (TPSA) is 97.6 Å². The largest absolute Gasteiger partial charge is 0.494 e. The minimum atomic E-state index is -3.24. The van der Waals surface area contributed by atoms with E-state index in [1.54, 1.807) is 0 Å². The molecule has 4 rings (SSSR count). The molecule has 1 atom stereocenters. The zero-order valence-electron chi connectivity index (χ0n) is 16.7. The number of hydrogen-bond acceptors (Lipinski definition) is 7. The van der Waals surface area contributed by atoms with Crippen LogP contribution >= 0.6 is 0 Å². The second-order valence-corrected chi connectivity index (χ2v) is 9.80. The maximum Gasteiger partial charge on any atom is 0.247 e. The molecule has 158 valence electrons. The maximum atomic E-state index is 12.4. The van der Waals surface area contributed by atoms with Gasteiger partial charge in [-0.1, -0.05) is 13.3 Å². The Hall–Kier alpha value is -1.97. The Kier molecular flexibility index (Phi) is 6.17. The molecular formula is C20H28N4O4S. The molecule has 1 saturated carbocycles. The first-order valence-corrected chi connectivity index (χ1v) is 11.9. The second kappa shape index (κ2) is 8.81. The molecule has 29 heavy (non-hydrogen) atoms. The number of unbranched alkanes of at least 4 members (excludes halogenated alkanes) is 1. The van der Waals surface area contributed by atoms with Crippen molar-refractivity contribution in [2.45, 2.75) is 56.9 Å². The molecule has 1 aliphatic heterocycles. The van der Waals surface area contributed by atoms with Gasteiger partial charge in [0.25, 0.3) is 0 Å². The van der Waals surface area contributed by atoms with Crippen LogP contribution in [0.2, 0.25) is 0 Å². The fourth-order valence-electron chi connectivity index (χ4n) is 3.38. The number of nitrogens with one attached hydrogen (secondary N) is 1. The van der Waals surface area contributed by atoms with Crippen LogP contribution in [0.3, 0.4) is 0 Å². The van der Waals surface area contributed by atoms with E-state index in [1.807, 2.05) is 24.3 Å². The molecule has 2 heterocycles. The molecule has 1 N–H and O–H groups in total. The van der Waals surface area contributed by atoms with Crippen LogP contribution in [0.1, 0.15) is 44.9 Å². The van der Waals surface area contributed by atoms with Gasteiger partial charge in [0.15, 0.2) is 0 Å². The van der Waals surface area contributed by atoms with Gasteiger partial charge in [-0.15, -0.1) is 10.2 Å². The lowest BCUT2D eigenvalue weighted by Crippen LogP contribution is -2.37. The van der Waals surface area contributed by atoms with Gasteiger partial charge in [0.05, 0.1) is 18.4 Å². The molecule has 1 aromatic heterocycles. The van der Waals surface area contributed by atoms with Gasteiger partial charge in [-0.05, 0) is 49.9 Å². The number of nitrogens with zero attached hydrogens (tertiary/aromatic N) is 3. The molecule has 0 spiro atoms. The summed E-state index contributed by atoms with van der Waals surface area (Å²) in [6, 6.07) is 7.76. The van der Waals surface area contributed by atoms with E-state index in [4.69, 9.17) is 9.15 Å². The monoisotopic (exact) mass is 420 g/mol. The third kappa shape index (κ3) is 5.34. The van der Waals surface area contributed by atoms with Crippen LogP contribution in [0.4, 0.5) is 0 Å². The summed E-state index contributed by atoms with van der Waals surface area (Å²) < 4.78 is 39.0. The molecule has 0 bridgehead atoms. The van der Waals surface area contributed by atoms with Gasteiger partial charge in [-0.2, -0.15) is 0 Å². The molecule has 0 radical (unpaired) electrons. The Morgan fingerprint density at radius 3 is 2.72 bits per heavy atom. The summed E-state index contributed by atoms with van der Waals surface area (Å²) in [6.07, 6.45) is 4.66. The first-order valence-electron chi connectivity index (χ1n) is 10.3. The van der Waals surface area contributed by atoms with Crippen LogP contribution < -0.4 is 9.46 Å². The average molecular weight is 421 g/mol. The van der Waals surface area contributed by atoms with E-state index in [9.17, 15) is 8.42 Å². The molecule has 1 aliphatic carbocycles. The van der Waals surface area contributed by atoms with Crippen molar-refractivity contribution >= 4 is 10.0 Å². The number of hydrogen-bond donors (Lipinski definition) is 1. The van der Waals surface area contributed by atoms with Gasteiger partial charge in [0.1, 0.15) is 5.75 Å². The van der Waals surface area contributed by atoms with Crippen LogP contribution in [0, 0.1) is 0 Å². The summed E-state index contributed by atoms with van der Waals surface area (Å²) in [6.45, 7) is 4.50. The number of likely N-dealkylation sites (tertiary alicyclic amines) is 1. The summed E-state index contributed by atoms with van der Waals surface area (Å²) in [7, 11) is -3.24. The number of sulfonamides is 1. The number of rotatable bonds is 10. The van der Waals surface area contributed by atoms with Gasteiger partial charge in [-0.3, -0.25) is 4.90 Å². The van der Waals surface area contributed by atoms with Crippen molar-refractivity contribution in [2.75, 3.05) is 19.7 Å². The van der Waals surface area contributed by atoms with E-state index in [0.717, 1.165) is 37.0 Å². The normalized spacial score (nSPS) is 20.2. The van der Waals surface area contributed by atoms with Crippen LogP contribution in [-0.4, -0.2) is 54.5 Å². The Labute approximate surface area is 171 Å². The zero-order chi connectivity index (χ0) is 20.3. The highest BCUT2D eigenvalue weighted by atomic mass is 32.2. The quantitative estimate of drug-likeness (QED) is 0.590. The fourth-order valence-corrected chi connectivity index (χ4v) is 5.09. The van der Waals surface area contributed by atoms with Crippen LogP contribution in [-0.2, 0) is 16.6 Å². The van der Waals surface area contributed by atoms with Crippen molar-refractivity contribution in [1.82, 2.24) is 19.8 Å². The Balaban J connectivity index is 1.31. The Bertz CT molecular complexity index is 909. The highest BCUT2D eigenvalue weighted by Gasteiger charge is 2.37. The van der Waals surface area contributed by atoms with E-state index in [0.29, 0.717) is 44.4 Å². The number of ether oxygens (including phenoxy) is 1. The standard InChI is InChI=1S/C20H28N4O4S/c1-2-3-12-27-17-8-4-15(5-9-17)20-22-21-19(28-20)14-24-11-10-18(13-24)29(25,26)23-16-6-7-16/h4-5,8-9,16,18,23H,2-3,6-7,10-14H2,1H3/t18-/m1/s1. The molecular weight excluding hydrogens is 392 g/mol. The summed E-state index contributed by atoms with van der Waals surface area (Å²) in [5, 5.41) is 7.89. The first-order chi connectivity index (χ1) is 14.0. The predicted molar refractivity (Wildman–Crippen MR) is 109 cm³/mol. The van der Waals surface area contributed by atoms with Gasteiger partial charge >= 0.3 is 0 Å². The lowest BCUT2D eigenvalue weighted by Gasteiger charge is -2.14. The third-order valence-corrected chi connectivity index (χ3v) is 7.19. The van der Waals surface area contributed by atoms with E-state index < -0.39 is 10.0 Å². The van der Waals surface area contributed by atoms with E-state index in [1.165, 1.54) is 0 Å². The average Bonchev–Trinajstić information content (AvgIpc) is 3.18. The van der Waals surface area contributed by atoms with Crippen LogP contribution in [0.5, 0.6) is 5.75 Å². The number of aromatic nitrogens is 2. The minimum absolute atomic E-state index is 0.149. The first kappa shape index (κ1) is 20.3. The van der Waals surface area contributed by atoms with Crippen molar-refractivity contribution < 1.29 is 17.6 Å². The lowest BCUT2D eigenvalue weighted by atomic mass is 10.2. The molecule has 1 saturated heterocycles. The molecule has 1 aromatic carbocycles. The van der Waals surface area contributed by atoms with Gasteiger partial charge in [0.2, 0.25) is 21.8 Å². The Morgan fingerprint density at radius 1 is 1.21 bits per heavy atom. The van der Waals surface area contributed by atoms with Gasteiger partial charge < -0.3 is 9.15 Å². The lowest BCUT2D eigenvalue weighted by molar-refractivity contribution is 0.292. The predicted octanol–water partition coefficient (Wildman–Crippen LogP) is 2.57. The summed E-state index contributed by atoms with van der Waals surface area (Å²) in [5.74, 6) is 1.78. The summed E-state index contributed by atoms with van der Waals surface area (Å²) >= 11 is 0. The summed E-state index contributed by atoms with van der Waals surface area (Å²) in [4.78, 5) is 2.05. The zero-order valence-corrected chi connectivity index (χ0v) is 17.5. The molecule has 0 amide bonds. The molecule has 2 aliphatic rings. The second-order valence-electron chi connectivity index (χ2n) is 7.81. The number of benzene rings is 1. The van der Waals surface area contributed by atoms with Crippen LogP contribution in [0.15, 0.2) is 28.7 Å². The Morgan fingerprint density at radius 2 is 2.00 bits per heavy atom. The molecule has 9 heteroatoms. The molecule has 8 nitrogen and oxygen atoms in total. The molecule has 0 unspecified atom stereocenters. The highest BCUT2D eigenvalue weighted by molar-refractivity contribution is 7.90. The van der Waals surface area contributed by atoms with Crippen molar-refractivity contribution in [3.63, 3.8) is 0 Å². The van der Waals surface area contributed by atoms with Gasteiger partial charge in [0, 0.05) is 24.7 Å². The van der Waals surface area contributed by atoms with E-state index in [2.05, 4.69) is 26.7 Å². The minimum Gasteiger partial charge on any atom is -0.494 e. The third-order valence-electron chi connectivity index (χ3n) is 5.27. The smallest absolute Gasteiger partial charge is 0.247 e. The molecule has 2 fully saturated rings. The SMILES string of the molecule is CCCCOc1ccc(-c2nnc(CN3CC[C@@H](S(=O)(=O)NC4CC4)C3)o2)cc1. The van der Waals surface area contributed by atoms with E-state index >= 15 is 0 Å². The molecule has 2 aromatic rings. The van der Waals surface area contributed by atoms with E-state index in [-0.39, 0.29) is 11.3 Å². The van der Waals surface area contributed by atoms with Crippen LogP contribution in [0.25, 0.3) is 11.5 Å². The highest BCUT2D eigenvalue weighted by Crippen LogP contribution is 2.25. The van der Waals surface area contributed by atoms with Crippen molar-refractivity contribution in [3.05, 3.63) is 30.2 Å².